The fraction of sp³-hybridized carbons (Fsp3) is 0.429. The molecule has 2 aliphatic heterocycles. The molecule has 0 spiro atoms. The highest BCUT2D eigenvalue weighted by atomic mass is 79.9. The molecule has 40 heavy (non-hydrogen) atoms. The van der Waals surface area contributed by atoms with Crippen molar-refractivity contribution >= 4 is 27.6 Å². The molecule has 0 bridgehead atoms. The van der Waals surface area contributed by atoms with Crippen molar-refractivity contribution in [1.29, 1.82) is 0 Å². The number of alkyl halides is 3. The van der Waals surface area contributed by atoms with Crippen molar-refractivity contribution in [2.24, 2.45) is 5.92 Å². The molecule has 0 saturated carbocycles. The maximum Gasteiger partial charge on any atom is 0.417 e. The maximum atomic E-state index is 14.0. The summed E-state index contributed by atoms with van der Waals surface area (Å²) in [5, 5.41) is 8.49. The van der Waals surface area contributed by atoms with Gasteiger partial charge in [-0.25, -0.2) is 9.97 Å². The van der Waals surface area contributed by atoms with Crippen LogP contribution in [0.1, 0.15) is 25.7 Å². The second-order valence-electron chi connectivity index (χ2n) is 9.98. The van der Waals surface area contributed by atoms with Crippen LogP contribution in [0.15, 0.2) is 64.7 Å². The number of piperidine rings is 2. The second kappa shape index (κ2) is 11.7. The molecule has 0 N–H and O–H groups in total. The van der Waals surface area contributed by atoms with Gasteiger partial charge in [0.2, 0.25) is 11.8 Å². The molecule has 3 aromatic rings. The van der Waals surface area contributed by atoms with Crippen LogP contribution in [-0.4, -0.2) is 64.7 Å². The minimum Gasteiger partial charge on any atom is -0.415 e. The Balaban J connectivity index is 1.38. The van der Waals surface area contributed by atoms with Gasteiger partial charge < -0.3 is 19.0 Å². The Bertz CT molecular complexity index is 1360. The Morgan fingerprint density at radius 1 is 1.10 bits per heavy atom. The molecule has 0 radical (unpaired) electrons. The molecule has 2 aliphatic rings. The standard InChI is InChI=1S/C28H30BrF3N6O2/c1-3-16-39-27(28(30,31)32)10-14-37(15-11-27)23-17-20(29)7-8-21(23)24-35-36-25(40-24)22-9-12-33-26(34-22)38-13-5-6-19(4-2)18-38/h3-4,7-9,12,17,19H,1-2,5-6,10-11,13-16,18H2. The van der Waals surface area contributed by atoms with Crippen LogP contribution in [-0.2, 0) is 4.74 Å². The van der Waals surface area contributed by atoms with Gasteiger partial charge in [-0.2, -0.15) is 13.2 Å². The third-order valence-corrected chi connectivity index (χ3v) is 7.95. The first-order chi connectivity index (χ1) is 19.2. The Hall–Kier alpha value is -3.25. The number of aromatic nitrogens is 4. The third-order valence-electron chi connectivity index (χ3n) is 7.46. The molecule has 8 nitrogen and oxygen atoms in total. The fourth-order valence-corrected chi connectivity index (χ4v) is 5.57. The molecule has 2 saturated heterocycles. The SMILES string of the molecule is C=CCOC1(C(F)(F)F)CCN(c2cc(Br)ccc2-c2nnc(-c3ccnc(N4CCCC(C=C)C4)n3)o2)CC1. The van der Waals surface area contributed by atoms with Crippen LogP contribution < -0.4 is 9.80 Å². The molecule has 1 aromatic carbocycles. The molecule has 12 heteroatoms. The summed E-state index contributed by atoms with van der Waals surface area (Å²) in [4.78, 5) is 13.1. The van der Waals surface area contributed by atoms with Crippen LogP contribution in [0.4, 0.5) is 24.8 Å². The van der Waals surface area contributed by atoms with Gasteiger partial charge in [0, 0.05) is 49.7 Å². The predicted molar refractivity (Wildman–Crippen MR) is 150 cm³/mol. The van der Waals surface area contributed by atoms with Crippen molar-refractivity contribution in [1.82, 2.24) is 20.2 Å². The van der Waals surface area contributed by atoms with Gasteiger partial charge in [-0.05, 0) is 43.0 Å². The lowest BCUT2D eigenvalue weighted by Crippen LogP contribution is -2.55. The van der Waals surface area contributed by atoms with Crippen LogP contribution in [0.25, 0.3) is 23.0 Å². The van der Waals surface area contributed by atoms with Crippen molar-refractivity contribution in [3.05, 3.63) is 60.2 Å². The first-order valence-electron chi connectivity index (χ1n) is 13.1. The lowest BCUT2D eigenvalue weighted by molar-refractivity contribution is -0.281. The summed E-state index contributed by atoms with van der Waals surface area (Å²) in [6.45, 7) is 9.17. The van der Waals surface area contributed by atoms with E-state index in [4.69, 9.17) is 9.15 Å². The van der Waals surface area contributed by atoms with E-state index in [9.17, 15) is 13.2 Å². The zero-order valence-corrected chi connectivity index (χ0v) is 23.5. The number of hydrogen-bond donors (Lipinski definition) is 0. The molecule has 2 aromatic heterocycles. The summed E-state index contributed by atoms with van der Waals surface area (Å²) in [7, 11) is 0. The minimum atomic E-state index is -4.49. The Kier molecular flexibility index (Phi) is 8.27. The van der Waals surface area contributed by atoms with E-state index in [1.54, 1.807) is 12.3 Å². The van der Waals surface area contributed by atoms with E-state index in [1.165, 1.54) is 6.08 Å². The van der Waals surface area contributed by atoms with E-state index in [2.05, 4.69) is 54.2 Å². The highest BCUT2D eigenvalue weighted by Gasteiger charge is 2.57. The van der Waals surface area contributed by atoms with Gasteiger partial charge in [0.15, 0.2) is 5.60 Å². The molecule has 0 aliphatic carbocycles. The molecular weight excluding hydrogens is 589 g/mol. The zero-order valence-electron chi connectivity index (χ0n) is 21.9. The summed E-state index contributed by atoms with van der Waals surface area (Å²) in [5.74, 6) is 1.46. The van der Waals surface area contributed by atoms with Crippen molar-refractivity contribution in [3.63, 3.8) is 0 Å². The van der Waals surface area contributed by atoms with Gasteiger partial charge in [0.1, 0.15) is 5.69 Å². The number of hydrogen-bond acceptors (Lipinski definition) is 8. The van der Waals surface area contributed by atoms with Crippen molar-refractivity contribution in [3.8, 4) is 23.0 Å². The Morgan fingerprint density at radius 2 is 1.88 bits per heavy atom. The fourth-order valence-electron chi connectivity index (χ4n) is 5.22. The lowest BCUT2D eigenvalue weighted by Gasteiger charge is -2.43. The zero-order chi connectivity index (χ0) is 28.3. The van der Waals surface area contributed by atoms with E-state index in [0.29, 0.717) is 28.8 Å². The van der Waals surface area contributed by atoms with Crippen LogP contribution in [0, 0.1) is 5.92 Å². The van der Waals surface area contributed by atoms with Crippen molar-refractivity contribution in [2.75, 3.05) is 42.6 Å². The third kappa shape index (κ3) is 5.78. The maximum absolute atomic E-state index is 14.0. The van der Waals surface area contributed by atoms with E-state index in [0.717, 1.165) is 30.4 Å². The molecular formula is C28H30BrF3N6O2. The largest absolute Gasteiger partial charge is 0.417 e. The monoisotopic (exact) mass is 618 g/mol. The van der Waals surface area contributed by atoms with E-state index < -0.39 is 11.8 Å². The minimum absolute atomic E-state index is 0.137. The second-order valence-corrected chi connectivity index (χ2v) is 10.9. The average Bonchev–Trinajstić information content (AvgIpc) is 3.46. The molecule has 212 valence electrons. The average molecular weight is 619 g/mol. The summed E-state index contributed by atoms with van der Waals surface area (Å²) in [6, 6.07) is 7.20. The van der Waals surface area contributed by atoms with E-state index in [1.807, 2.05) is 29.2 Å². The molecule has 1 atom stereocenters. The normalized spacial score (nSPS) is 19.4. The van der Waals surface area contributed by atoms with Crippen LogP contribution in [0.3, 0.4) is 0 Å². The number of nitrogens with zero attached hydrogens (tertiary/aromatic N) is 6. The molecule has 1 unspecified atom stereocenters. The first-order valence-corrected chi connectivity index (χ1v) is 13.9. The van der Waals surface area contributed by atoms with E-state index in [-0.39, 0.29) is 44.3 Å². The van der Waals surface area contributed by atoms with Gasteiger partial charge in [-0.15, -0.1) is 23.4 Å². The number of anilines is 2. The summed E-state index contributed by atoms with van der Waals surface area (Å²) in [6.07, 6.45) is 2.19. The number of ether oxygens (including phenoxy) is 1. The van der Waals surface area contributed by atoms with Gasteiger partial charge in [-0.3, -0.25) is 0 Å². The van der Waals surface area contributed by atoms with Crippen LogP contribution in [0.2, 0.25) is 0 Å². The summed E-state index contributed by atoms with van der Waals surface area (Å²) in [5.41, 5.74) is -0.397. The molecule has 2 fully saturated rings. The van der Waals surface area contributed by atoms with Gasteiger partial charge in [-0.1, -0.05) is 28.1 Å². The highest BCUT2D eigenvalue weighted by Crippen LogP contribution is 2.44. The van der Waals surface area contributed by atoms with Gasteiger partial charge >= 0.3 is 6.18 Å². The Morgan fingerprint density at radius 3 is 2.60 bits per heavy atom. The van der Waals surface area contributed by atoms with E-state index >= 15 is 0 Å². The summed E-state index contributed by atoms with van der Waals surface area (Å²) < 4.78 is 54.0. The predicted octanol–water partition coefficient (Wildman–Crippen LogP) is 6.46. The van der Waals surface area contributed by atoms with Gasteiger partial charge in [0.05, 0.1) is 17.9 Å². The first kappa shape index (κ1) is 28.3. The number of rotatable bonds is 8. The van der Waals surface area contributed by atoms with Crippen LogP contribution >= 0.6 is 15.9 Å². The number of halogens is 4. The topological polar surface area (TPSA) is 80.4 Å². The molecule has 5 rings (SSSR count). The summed E-state index contributed by atoms with van der Waals surface area (Å²) >= 11 is 3.48. The quantitative estimate of drug-likeness (QED) is 0.266. The highest BCUT2D eigenvalue weighted by molar-refractivity contribution is 9.10. The van der Waals surface area contributed by atoms with Gasteiger partial charge in [0.25, 0.3) is 5.89 Å². The molecule has 4 heterocycles. The smallest absolute Gasteiger partial charge is 0.415 e. The van der Waals surface area contributed by atoms with Crippen molar-refractivity contribution in [2.45, 2.75) is 37.5 Å². The van der Waals surface area contributed by atoms with Crippen LogP contribution in [0.5, 0.6) is 0 Å². The lowest BCUT2D eigenvalue weighted by atomic mass is 9.89. The Labute approximate surface area is 239 Å². The number of benzene rings is 1. The van der Waals surface area contributed by atoms with Crippen molar-refractivity contribution < 1.29 is 22.3 Å². The molecule has 0 amide bonds.